The molecule has 2 aromatic rings. The minimum absolute atomic E-state index is 0.0631. The van der Waals surface area contributed by atoms with Crippen molar-refractivity contribution < 1.29 is 14.6 Å². The van der Waals surface area contributed by atoms with Crippen LogP contribution in [0.1, 0.15) is 21.7 Å². The average molecular weight is 323 g/mol. The highest BCUT2D eigenvalue weighted by molar-refractivity contribution is 9.10. The van der Waals surface area contributed by atoms with E-state index in [0.717, 1.165) is 10.0 Å². The van der Waals surface area contributed by atoms with Crippen LogP contribution in [0.2, 0.25) is 0 Å². The fourth-order valence-electron chi connectivity index (χ4n) is 1.47. The first-order valence-electron chi connectivity index (χ1n) is 5.51. The highest BCUT2D eigenvalue weighted by Crippen LogP contribution is 2.17. The van der Waals surface area contributed by atoms with Gasteiger partial charge in [0.05, 0.1) is 0 Å². The van der Waals surface area contributed by atoms with Gasteiger partial charge in [0.2, 0.25) is 0 Å². The number of benzene rings is 1. The first kappa shape index (κ1) is 13.5. The fraction of sp³-hybridized carbons (Fsp3) is 0.154. The molecular weight excluding hydrogens is 312 g/mol. The Morgan fingerprint density at radius 3 is 2.79 bits per heavy atom. The second-order valence-electron chi connectivity index (χ2n) is 3.86. The van der Waals surface area contributed by atoms with Crippen molar-refractivity contribution in [2.45, 2.75) is 13.5 Å². The Kier molecular flexibility index (Phi) is 4.11. The van der Waals surface area contributed by atoms with Gasteiger partial charge in [0.1, 0.15) is 6.61 Å². The predicted octanol–water partition coefficient (Wildman–Crippen LogP) is 2.82. The highest BCUT2D eigenvalue weighted by Gasteiger charge is 2.10. The Balaban J connectivity index is 2.16. The third-order valence-corrected chi connectivity index (χ3v) is 3.14. The molecule has 98 valence electrons. The minimum atomic E-state index is -1.10. The third kappa shape index (κ3) is 3.51. The Hall–Kier alpha value is -1.95. The Labute approximate surface area is 118 Å². The van der Waals surface area contributed by atoms with Gasteiger partial charge in [-0.25, -0.2) is 9.78 Å². The van der Waals surface area contributed by atoms with Crippen LogP contribution in [0.4, 0.5) is 0 Å². The molecule has 1 N–H and O–H groups in total. The molecule has 0 aliphatic heterocycles. The molecule has 2 rings (SSSR count). The Bertz CT molecular complexity index is 617. The second kappa shape index (κ2) is 5.79. The third-order valence-electron chi connectivity index (χ3n) is 2.37. The van der Waals surface area contributed by atoms with Gasteiger partial charge < -0.3 is 9.84 Å². The molecule has 0 fully saturated rings. The highest BCUT2D eigenvalue weighted by atomic mass is 79.9. The zero-order valence-electron chi connectivity index (χ0n) is 10.1. The molecule has 0 aliphatic carbocycles. The van der Waals surface area contributed by atoms with Gasteiger partial charge in [-0.15, -0.1) is 0 Å². The molecule has 0 amide bonds. The molecule has 0 bridgehead atoms. The zero-order valence-corrected chi connectivity index (χ0v) is 11.7. The maximum atomic E-state index is 10.9. The molecule has 1 aromatic carbocycles. The number of nitrogens with zero attached hydrogens (tertiary/aromatic N) is 2. The van der Waals surface area contributed by atoms with Crippen molar-refractivity contribution in [3.63, 3.8) is 0 Å². The van der Waals surface area contributed by atoms with Gasteiger partial charge in [0.15, 0.2) is 5.69 Å². The predicted molar refractivity (Wildman–Crippen MR) is 72.2 cm³/mol. The summed E-state index contributed by atoms with van der Waals surface area (Å²) in [6.45, 7) is 1.96. The number of aryl methyl sites for hydroxylation is 1. The number of aromatic nitrogens is 2. The smallest absolute Gasteiger partial charge is 0.354 e. The standard InChI is InChI=1S/C13H11BrN2O3/c1-8-6-11(12(17)18)16-13(15-8)19-7-9-4-2-3-5-10(9)14/h2-6H,7H2,1H3,(H,17,18). The molecule has 0 spiro atoms. The second-order valence-corrected chi connectivity index (χ2v) is 4.72. The lowest BCUT2D eigenvalue weighted by Gasteiger charge is -2.07. The van der Waals surface area contributed by atoms with Crippen LogP contribution in [0.15, 0.2) is 34.8 Å². The first-order chi connectivity index (χ1) is 9.06. The number of rotatable bonds is 4. The summed E-state index contributed by atoms with van der Waals surface area (Å²) in [6, 6.07) is 9.06. The molecule has 1 heterocycles. The van der Waals surface area contributed by atoms with Crippen LogP contribution in [-0.2, 0) is 6.61 Å². The van der Waals surface area contributed by atoms with Gasteiger partial charge in [0, 0.05) is 15.7 Å². The summed E-state index contributed by atoms with van der Waals surface area (Å²) in [5.74, 6) is -1.10. The molecular formula is C13H11BrN2O3. The van der Waals surface area contributed by atoms with Gasteiger partial charge in [-0.3, -0.25) is 0 Å². The van der Waals surface area contributed by atoms with Crippen LogP contribution in [0.25, 0.3) is 0 Å². The van der Waals surface area contributed by atoms with Crippen molar-refractivity contribution >= 4 is 21.9 Å². The van der Waals surface area contributed by atoms with Gasteiger partial charge >= 0.3 is 12.0 Å². The van der Waals surface area contributed by atoms with E-state index in [1.165, 1.54) is 6.07 Å². The molecule has 0 saturated heterocycles. The van der Waals surface area contributed by atoms with Gasteiger partial charge in [0.25, 0.3) is 0 Å². The maximum Gasteiger partial charge on any atom is 0.354 e. The summed E-state index contributed by atoms with van der Waals surface area (Å²) in [5.41, 5.74) is 1.41. The van der Waals surface area contributed by atoms with Crippen LogP contribution in [0.5, 0.6) is 6.01 Å². The molecule has 0 atom stereocenters. The number of aromatic carboxylic acids is 1. The van der Waals surface area contributed by atoms with E-state index in [0.29, 0.717) is 5.69 Å². The lowest BCUT2D eigenvalue weighted by molar-refractivity contribution is 0.0688. The quantitative estimate of drug-likeness (QED) is 0.937. The summed E-state index contributed by atoms with van der Waals surface area (Å²) >= 11 is 3.41. The number of ether oxygens (including phenoxy) is 1. The molecule has 19 heavy (non-hydrogen) atoms. The molecule has 0 saturated carbocycles. The van der Waals surface area contributed by atoms with Crippen LogP contribution in [0.3, 0.4) is 0 Å². The van der Waals surface area contributed by atoms with Crippen molar-refractivity contribution in [3.8, 4) is 6.01 Å². The molecule has 6 heteroatoms. The van der Waals surface area contributed by atoms with Gasteiger partial charge in [-0.2, -0.15) is 4.98 Å². The fourth-order valence-corrected chi connectivity index (χ4v) is 1.87. The van der Waals surface area contributed by atoms with E-state index in [9.17, 15) is 4.79 Å². The largest absolute Gasteiger partial charge is 0.477 e. The lowest BCUT2D eigenvalue weighted by Crippen LogP contribution is -2.06. The normalized spacial score (nSPS) is 10.2. The number of halogens is 1. The summed E-state index contributed by atoms with van der Waals surface area (Å²) in [6.07, 6.45) is 0. The van der Waals surface area contributed by atoms with E-state index in [1.54, 1.807) is 6.92 Å². The van der Waals surface area contributed by atoms with Gasteiger partial charge in [-0.05, 0) is 19.1 Å². The van der Waals surface area contributed by atoms with E-state index in [-0.39, 0.29) is 18.3 Å². The average Bonchev–Trinajstić information content (AvgIpc) is 2.37. The summed E-state index contributed by atoms with van der Waals surface area (Å²) in [4.78, 5) is 18.8. The van der Waals surface area contributed by atoms with E-state index in [4.69, 9.17) is 9.84 Å². The Morgan fingerprint density at radius 1 is 1.37 bits per heavy atom. The van der Waals surface area contributed by atoms with Crippen molar-refractivity contribution in [1.29, 1.82) is 0 Å². The van der Waals surface area contributed by atoms with E-state index in [2.05, 4.69) is 25.9 Å². The number of carbonyl (C=O) groups is 1. The lowest BCUT2D eigenvalue weighted by atomic mass is 10.2. The molecule has 5 nitrogen and oxygen atoms in total. The van der Waals surface area contributed by atoms with Crippen molar-refractivity contribution in [2.24, 2.45) is 0 Å². The summed E-state index contributed by atoms with van der Waals surface area (Å²) in [7, 11) is 0. The Morgan fingerprint density at radius 2 is 2.11 bits per heavy atom. The topological polar surface area (TPSA) is 72.3 Å². The van der Waals surface area contributed by atoms with E-state index < -0.39 is 5.97 Å². The number of hydrogen-bond donors (Lipinski definition) is 1. The summed E-state index contributed by atoms with van der Waals surface area (Å²) in [5, 5.41) is 8.91. The van der Waals surface area contributed by atoms with Crippen LogP contribution in [0, 0.1) is 6.92 Å². The molecule has 0 radical (unpaired) electrons. The van der Waals surface area contributed by atoms with E-state index >= 15 is 0 Å². The van der Waals surface area contributed by atoms with Crippen molar-refractivity contribution in [1.82, 2.24) is 9.97 Å². The van der Waals surface area contributed by atoms with Crippen LogP contribution < -0.4 is 4.74 Å². The van der Waals surface area contributed by atoms with E-state index in [1.807, 2.05) is 24.3 Å². The monoisotopic (exact) mass is 322 g/mol. The van der Waals surface area contributed by atoms with Crippen molar-refractivity contribution in [3.05, 3.63) is 51.8 Å². The van der Waals surface area contributed by atoms with Crippen molar-refractivity contribution in [2.75, 3.05) is 0 Å². The minimum Gasteiger partial charge on any atom is -0.477 e. The number of carboxylic acid groups (broad SMARTS) is 1. The van der Waals surface area contributed by atoms with Crippen LogP contribution in [-0.4, -0.2) is 21.0 Å². The number of carboxylic acids is 1. The van der Waals surface area contributed by atoms with Gasteiger partial charge in [-0.1, -0.05) is 34.1 Å². The maximum absolute atomic E-state index is 10.9. The van der Waals surface area contributed by atoms with Crippen LogP contribution >= 0.6 is 15.9 Å². The molecule has 0 aliphatic rings. The molecule has 1 aromatic heterocycles. The molecule has 0 unspecified atom stereocenters. The zero-order chi connectivity index (χ0) is 13.8. The SMILES string of the molecule is Cc1cc(C(=O)O)nc(OCc2ccccc2Br)n1. The number of hydrogen-bond acceptors (Lipinski definition) is 4. The summed E-state index contributed by atoms with van der Waals surface area (Å²) < 4.78 is 6.35. The first-order valence-corrected chi connectivity index (χ1v) is 6.31.